The third-order valence-electron chi connectivity index (χ3n) is 3.76. The third kappa shape index (κ3) is 2.89. The van der Waals surface area contributed by atoms with Gasteiger partial charge in [-0.25, -0.2) is 13.4 Å². The summed E-state index contributed by atoms with van der Waals surface area (Å²) in [4.78, 5) is 6.60. The highest BCUT2D eigenvalue weighted by molar-refractivity contribution is 9.10. The molecule has 1 aromatic heterocycles. The first-order chi connectivity index (χ1) is 9.87. The average Bonchev–Trinajstić information content (AvgIpc) is 2.41. The molecule has 1 aliphatic heterocycles. The van der Waals surface area contributed by atoms with Crippen LogP contribution in [0, 0.1) is 0 Å². The highest BCUT2D eigenvalue weighted by Crippen LogP contribution is 2.29. The van der Waals surface area contributed by atoms with Crippen LogP contribution in [0.15, 0.2) is 28.7 Å². The Hall–Kier alpha value is -0.850. The van der Waals surface area contributed by atoms with E-state index < -0.39 is 9.84 Å². The Morgan fingerprint density at radius 3 is 2.86 bits per heavy atom. The number of fused-ring (bicyclic) bond motifs is 1. The smallest absolute Gasteiger partial charge is 0.156 e. The maximum absolute atomic E-state index is 11.8. The first-order valence-electron chi connectivity index (χ1n) is 6.59. The van der Waals surface area contributed by atoms with E-state index in [1.54, 1.807) is 6.92 Å². The van der Waals surface area contributed by atoms with Crippen molar-refractivity contribution in [3.05, 3.63) is 33.8 Å². The second-order valence-corrected chi connectivity index (χ2v) is 9.11. The zero-order valence-electron chi connectivity index (χ0n) is 11.4. The summed E-state index contributed by atoms with van der Waals surface area (Å²) in [5, 5.41) is 1.17. The Balaban J connectivity index is 1.99. The molecule has 1 aliphatic rings. The third-order valence-corrected chi connectivity index (χ3v) is 6.63. The van der Waals surface area contributed by atoms with E-state index in [0.29, 0.717) is 18.1 Å². The van der Waals surface area contributed by atoms with E-state index in [0.717, 1.165) is 21.2 Å². The summed E-state index contributed by atoms with van der Waals surface area (Å²) in [7, 11) is -2.96. The second-order valence-electron chi connectivity index (χ2n) is 5.25. The van der Waals surface area contributed by atoms with Crippen LogP contribution in [0.2, 0.25) is 5.02 Å². The Kier molecular flexibility index (Phi) is 3.88. The molecule has 0 spiro atoms. The van der Waals surface area contributed by atoms with Crippen LogP contribution >= 0.6 is 27.5 Å². The van der Waals surface area contributed by atoms with E-state index in [2.05, 4.69) is 20.9 Å². The molecule has 0 bridgehead atoms. The standard InChI is InChI=1S/C14H14BrClN2O2S/c1-9-8-18(4-5-21(9,19)20)13-3-2-10-6-11(15)7-12(16)14(10)17-13/h2-3,6-7,9H,4-5,8H2,1H3. The van der Waals surface area contributed by atoms with Crippen molar-refractivity contribution in [2.24, 2.45) is 0 Å². The normalized spacial score (nSPS) is 21.7. The van der Waals surface area contributed by atoms with Gasteiger partial charge in [0.05, 0.1) is 21.5 Å². The molecule has 0 saturated carbocycles. The SMILES string of the molecule is CC1CN(c2ccc3cc(Br)cc(Cl)c3n2)CCS1(=O)=O. The van der Waals surface area contributed by atoms with Crippen LogP contribution in [0.3, 0.4) is 0 Å². The number of anilines is 1. The van der Waals surface area contributed by atoms with E-state index >= 15 is 0 Å². The summed E-state index contributed by atoms with van der Waals surface area (Å²) in [6.07, 6.45) is 0. The van der Waals surface area contributed by atoms with Gasteiger partial charge >= 0.3 is 0 Å². The highest BCUT2D eigenvalue weighted by Gasteiger charge is 2.30. The first-order valence-corrected chi connectivity index (χ1v) is 9.48. The molecule has 4 nitrogen and oxygen atoms in total. The lowest BCUT2D eigenvalue weighted by Gasteiger charge is -2.31. The van der Waals surface area contributed by atoms with Crippen molar-refractivity contribution in [1.29, 1.82) is 0 Å². The number of benzene rings is 1. The lowest BCUT2D eigenvalue weighted by molar-refractivity contribution is 0.568. The lowest BCUT2D eigenvalue weighted by atomic mass is 10.2. The van der Waals surface area contributed by atoms with Gasteiger partial charge in [0.2, 0.25) is 0 Å². The molecule has 0 amide bonds. The van der Waals surface area contributed by atoms with Gasteiger partial charge in [-0.15, -0.1) is 0 Å². The molecule has 1 unspecified atom stereocenters. The van der Waals surface area contributed by atoms with E-state index in [4.69, 9.17) is 11.6 Å². The van der Waals surface area contributed by atoms with Crippen molar-refractivity contribution < 1.29 is 8.42 Å². The highest BCUT2D eigenvalue weighted by atomic mass is 79.9. The summed E-state index contributed by atoms with van der Waals surface area (Å²) in [5.41, 5.74) is 0.735. The minimum Gasteiger partial charge on any atom is -0.354 e. The first kappa shape index (κ1) is 15.1. The van der Waals surface area contributed by atoms with Crippen molar-refractivity contribution in [3.8, 4) is 0 Å². The summed E-state index contributed by atoms with van der Waals surface area (Å²) in [5.74, 6) is 0.940. The van der Waals surface area contributed by atoms with E-state index in [9.17, 15) is 8.42 Å². The Labute approximate surface area is 137 Å². The zero-order chi connectivity index (χ0) is 15.2. The van der Waals surface area contributed by atoms with Crippen molar-refractivity contribution in [1.82, 2.24) is 4.98 Å². The average molecular weight is 390 g/mol. The molecule has 7 heteroatoms. The van der Waals surface area contributed by atoms with Crippen LogP contribution in [0.1, 0.15) is 6.92 Å². The Bertz CT molecular complexity index is 810. The zero-order valence-corrected chi connectivity index (χ0v) is 14.5. The number of rotatable bonds is 1. The van der Waals surface area contributed by atoms with Gasteiger partial charge in [0.25, 0.3) is 0 Å². The van der Waals surface area contributed by atoms with E-state index in [1.807, 2.05) is 29.2 Å². The minimum absolute atomic E-state index is 0.169. The van der Waals surface area contributed by atoms with E-state index in [1.165, 1.54) is 0 Å². The van der Waals surface area contributed by atoms with Crippen LogP contribution in [-0.4, -0.2) is 37.5 Å². The number of aromatic nitrogens is 1. The molecule has 21 heavy (non-hydrogen) atoms. The van der Waals surface area contributed by atoms with Crippen molar-refractivity contribution >= 4 is 54.1 Å². The maximum atomic E-state index is 11.8. The van der Waals surface area contributed by atoms with Crippen LogP contribution in [0.25, 0.3) is 10.9 Å². The molecule has 0 radical (unpaired) electrons. The van der Waals surface area contributed by atoms with Crippen LogP contribution in [-0.2, 0) is 9.84 Å². The Morgan fingerprint density at radius 1 is 1.38 bits per heavy atom. The molecule has 112 valence electrons. The number of hydrogen-bond acceptors (Lipinski definition) is 4. The molecule has 0 aliphatic carbocycles. The van der Waals surface area contributed by atoms with Gasteiger partial charge in [-0.3, -0.25) is 0 Å². The summed E-state index contributed by atoms with van der Waals surface area (Å²) in [6.45, 7) is 2.68. The Morgan fingerprint density at radius 2 is 2.14 bits per heavy atom. The molecular weight excluding hydrogens is 376 g/mol. The fourth-order valence-corrected chi connectivity index (χ4v) is 4.65. The number of hydrogen-bond donors (Lipinski definition) is 0. The number of halogens is 2. The van der Waals surface area contributed by atoms with Gasteiger partial charge in [-0.05, 0) is 31.2 Å². The molecule has 1 saturated heterocycles. The number of nitrogens with zero attached hydrogens (tertiary/aromatic N) is 2. The molecule has 1 fully saturated rings. The predicted molar refractivity (Wildman–Crippen MR) is 89.9 cm³/mol. The molecule has 3 rings (SSSR count). The molecule has 2 heterocycles. The molecule has 0 N–H and O–H groups in total. The van der Waals surface area contributed by atoms with Gasteiger partial charge in [0, 0.05) is 22.9 Å². The van der Waals surface area contributed by atoms with Gasteiger partial charge in [0.15, 0.2) is 9.84 Å². The van der Waals surface area contributed by atoms with Gasteiger partial charge in [-0.1, -0.05) is 27.5 Å². The van der Waals surface area contributed by atoms with Crippen LogP contribution < -0.4 is 4.90 Å². The molecular formula is C14H14BrClN2O2S. The van der Waals surface area contributed by atoms with Crippen molar-refractivity contribution in [2.75, 3.05) is 23.7 Å². The quantitative estimate of drug-likeness (QED) is 0.751. The summed E-state index contributed by atoms with van der Waals surface area (Å²) < 4.78 is 24.5. The largest absolute Gasteiger partial charge is 0.354 e. The number of pyridine rings is 1. The topological polar surface area (TPSA) is 50.3 Å². The summed E-state index contributed by atoms with van der Waals surface area (Å²) >= 11 is 9.65. The van der Waals surface area contributed by atoms with Crippen LogP contribution in [0.5, 0.6) is 0 Å². The second kappa shape index (κ2) is 5.41. The fourth-order valence-electron chi connectivity index (χ4n) is 2.49. The number of sulfone groups is 1. The van der Waals surface area contributed by atoms with E-state index in [-0.39, 0.29) is 11.0 Å². The van der Waals surface area contributed by atoms with Crippen LogP contribution in [0.4, 0.5) is 5.82 Å². The molecule has 1 atom stereocenters. The van der Waals surface area contributed by atoms with Gasteiger partial charge in [-0.2, -0.15) is 0 Å². The lowest BCUT2D eigenvalue weighted by Crippen LogP contribution is -2.45. The van der Waals surface area contributed by atoms with Crippen molar-refractivity contribution in [3.63, 3.8) is 0 Å². The summed E-state index contributed by atoms with van der Waals surface area (Å²) in [6, 6.07) is 7.64. The minimum atomic E-state index is -2.96. The molecule has 1 aromatic carbocycles. The van der Waals surface area contributed by atoms with Gasteiger partial charge in [0.1, 0.15) is 5.82 Å². The monoisotopic (exact) mass is 388 g/mol. The molecule has 2 aromatic rings. The van der Waals surface area contributed by atoms with Gasteiger partial charge < -0.3 is 4.90 Å². The predicted octanol–water partition coefficient (Wildman–Crippen LogP) is 3.27. The van der Waals surface area contributed by atoms with Crippen molar-refractivity contribution in [2.45, 2.75) is 12.2 Å². The maximum Gasteiger partial charge on any atom is 0.156 e. The fraction of sp³-hybridized carbons (Fsp3) is 0.357.